The van der Waals surface area contributed by atoms with Gasteiger partial charge < -0.3 is 9.47 Å². The van der Waals surface area contributed by atoms with Gasteiger partial charge in [-0.2, -0.15) is 0 Å². The summed E-state index contributed by atoms with van der Waals surface area (Å²) in [5.74, 6) is 0.451. The van der Waals surface area contributed by atoms with E-state index in [1.54, 1.807) is 5.38 Å². The van der Waals surface area contributed by atoms with Crippen molar-refractivity contribution in [3.63, 3.8) is 0 Å². The molecule has 2 aromatic rings. The molecular formula is C17H21NO3S. The van der Waals surface area contributed by atoms with E-state index in [0.717, 1.165) is 22.7 Å². The summed E-state index contributed by atoms with van der Waals surface area (Å²) in [5, 5.41) is 2.53. The molecule has 0 amide bonds. The standard InChI is InChI=1S/C17H21NO3S/c1-5-17(3,4)21-16(19)14-11-22-15(18-14)12-7-9-13(10-8-12)20-6-2/h7-11H,5-6H2,1-4H3. The molecule has 1 aromatic carbocycles. The Morgan fingerprint density at radius 3 is 2.50 bits per heavy atom. The number of carbonyl (C=O) groups excluding carboxylic acids is 1. The SMILES string of the molecule is CCOc1ccc(-c2nc(C(=O)OC(C)(C)CC)cs2)cc1. The molecule has 0 aliphatic rings. The number of nitrogens with zero attached hydrogens (tertiary/aromatic N) is 1. The van der Waals surface area contributed by atoms with Crippen molar-refractivity contribution in [2.45, 2.75) is 39.7 Å². The molecule has 0 saturated heterocycles. The predicted molar refractivity (Wildman–Crippen MR) is 88.5 cm³/mol. The van der Waals surface area contributed by atoms with Gasteiger partial charge in [0, 0.05) is 10.9 Å². The predicted octanol–water partition coefficient (Wildman–Crippen LogP) is 4.55. The van der Waals surface area contributed by atoms with E-state index < -0.39 is 5.60 Å². The molecule has 0 unspecified atom stereocenters. The second-order valence-corrected chi connectivity index (χ2v) is 6.36. The molecule has 22 heavy (non-hydrogen) atoms. The first kappa shape index (κ1) is 16.5. The maximum Gasteiger partial charge on any atom is 0.358 e. The van der Waals surface area contributed by atoms with Crippen molar-refractivity contribution in [2.24, 2.45) is 0 Å². The van der Waals surface area contributed by atoms with Gasteiger partial charge in [0.05, 0.1) is 6.61 Å². The molecule has 0 saturated carbocycles. The Bertz CT molecular complexity index is 632. The third kappa shape index (κ3) is 4.07. The first-order valence-electron chi connectivity index (χ1n) is 7.37. The average molecular weight is 319 g/mol. The molecular weight excluding hydrogens is 298 g/mol. The lowest BCUT2D eigenvalue weighted by atomic mass is 10.1. The fraction of sp³-hybridized carbons (Fsp3) is 0.412. The van der Waals surface area contributed by atoms with Crippen LogP contribution in [-0.2, 0) is 4.74 Å². The van der Waals surface area contributed by atoms with Crippen LogP contribution in [0.4, 0.5) is 0 Å². The van der Waals surface area contributed by atoms with Crippen LogP contribution in [0.1, 0.15) is 44.6 Å². The van der Waals surface area contributed by atoms with E-state index in [1.165, 1.54) is 11.3 Å². The molecule has 5 heteroatoms. The van der Waals surface area contributed by atoms with Crippen LogP contribution < -0.4 is 4.74 Å². The number of carbonyl (C=O) groups is 1. The monoisotopic (exact) mass is 319 g/mol. The molecule has 1 aromatic heterocycles. The van der Waals surface area contributed by atoms with Crippen molar-refractivity contribution in [1.82, 2.24) is 4.98 Å². The number of esters is 1. The highest BCUT2D eigenvalue weighted by molar-refractivity contribution is 7.13. The maximum atomic E-state index is 12.1. The van der Waals surface area contributed by atoms with E-state index >= 15 is 0 Å². The van der Waals surface area contributed by atoms with Gasteiger partial charge in [0.1, 0.15) is 16.4 Å². The lowest BCUT2D eigenvalue weighted by Gasteiger charge is -2.22. The molecule has 0 bridgehead atoms. The van der Waals surface area contributed by atoms with E-state index in [2.05, 4.69) is 4.98 Å². The van der Waals surface area contributed by atoms with Gasteiger partial charge in [-0.1, -0.05) is 6.92 Å². The minimum absolute atomic E-state index is 0.357. The number of hydrogen-bond acceptors (Lipinski definition) is 5. The second-order valence-electron chi connectivity index (χ2n) is 5.50. The highest BCUT2D eigenvalue weighted by atomic mass is 32.1. The van der Waals surface area contributed by atoms with Crippen LogP contribution in [0.5, 0.6) is 5.75 Å². The summed E-state index contributed by atoms with van der Waals surface area (Å²) in [6.07, 6.45) is 0.759. The van der Waals surface area contributed by atoms with E-state index in [1.807, 2.05) is 52.0 Å². The van der Waals surface area contributed by atoms with Gasteiger partial charge in [-0.3, -0.25) is 0 Å². The zero-order valence-corrected chi connectivity index (χ0v) is 14.2. The normalized spacial score (nSPS) is 11.3. The van der Waals surface area contributed by atoms with Gasteiger partial charge in [-0.05, 0) is 51.5 Å². The van der Waals surface area contributed by atoms with Gasteiger partial charge >= 0.3 is 5.97 Å². The van der Waals surface area contributed by atoms with Gasteiger partial charge in [0.15, 0.2) is 5.69 Å². The smallest absolute Gasteiger partial charge is 0.358 e. The molecule has 0 radical (unpaired) electrons. The Morgan fingerprint density at radius 1 is 1.23 bits per heavy atom. The average Bonchev–Trinajstić information content (AvgIpc) is 2.98. The summed E-state index contributed by atoms with van der Waals surface area (Å²) in [5.41, 5.74) is 0.845. The molecule has 0 spiro atoms. The van der Waals surface area contributed by atoms with Crippen LogP contribution in [0, 0.1) is 0 Å². The van der Waals surface area contributed by atoms with Gasteiger partial charge in [-0.25, -0.2) is 9.78 Å². The summed E-state index contributed by atoms with van der Waals surface area (Å²) < 4.78 is 10.9. The zero-order valence-electron chi connectivity index (χ0n) is 13.4. The van der Waals surface area contributed by atoms with Crippen molar-refractivity contribution in [1.29, 1.82) is 0 Å². The topological polar surface area (TPSA) is 48.4 Å². The third-order valence-corrected chi connectivity index (χ3v) is 4.24. The van der Waals surface area contributed by atoms with Crippen molar-refractivity contribution >= 4 is 17.3 Å². The molecule has 118 valence electrons. The van der Waals surface area contributed by atoms with Crippen LogP contribution in [-0.4, -0.2) is 23.2 Å². The summed E-state index contributed by atoms with van der Waals surface area (Å²) in [6.45, 7) is 8.36. The lowest BCUT2D eigenvalue weighted by molar-refractivity contribution is -0.00298. The summed E-state index contributed by atoms with van der Waals surface area (Å²) in [4.78, 5) is 16.5. The van der Waals surface area contributed by atoms with Gasteiger partial charge in [0.2, 0.25) is 0 Å². The second kappa shape index (κ2) is 6.92. The first-order valence-corrected chi connectivity index (χ1v) is 8.25. The largest absolute Gasteiger partial charge is 0.494 e. The summed E-state index contributed by atoms with van der Waals surface area (Å²) >= 11 is 1.43. The van der Waals surface area contributed by atoms with Crippen LogP contribution in [0.15, 0.2) is 29.6 Å². The molecule has 0 aliphatic heterocycles. The first-order chi connectivity index (χ1) is 10.4. The molecule has 0 atom stereocenters. The number of rotatable bonds is 6. The Hall–Kier alpha value is -1.88. The highest BCUT2D eigenvalue weighted by Gasteiger charge is 2.23. The fourth-order valence-electron chi connectivity index (χ4n) is 1.74. The number of hydrogen-bond donors (Lipinski definition) is 0. The maximum absolute atomic E-state index is 12.1. The van der Waals surface area contributed by atoms with Crippen molar-refractivity contribution in [2.75, 3.05) is 6.61 Å². The van der Waals surface area contributed by atoms with Crippen molar-refractivity contribution in [3.8, 4) is 16.3 Å². The zero-order chi connectivity index (χ0) is 16.2. The van der Waals surface area contributed by atoms with Gasteiger partial charge in [-0.15, -0.1) is 11.3 Å². The number of aromatic nitrogens is 1. The van der Waals surface area contributed by atoms with E-state index in [0.29, 0.717) is 12.3 Å². The molecule has 0 aliphatic carbocycles. The Labute approximate surface area is 135 Å². The molecule has 4 nitrogen and oxygen atoms in total. The van der Waals surface area contributed by atoms with Crippen LogP contribution in [0.25, 0.3) is 10.6 Å². The van der Waals surface area contributed by atoms with Crippen molar-refractivity contribution < 1.29 is 14.3 Å². The Balaban J connectivity index is 2.12. The number of ether oxygens (including phenoxy) is 2. The van der Waals surface area contributed by atoms with Crippen molar-refractivity contribution in [3.05, 3.63) is 35.3 Å². The number of benzene rings is 1. The van der Waals surface area contributed by atoms with Crippen LogP contribution >= 0.6 is 11.3 Å². The molecule has 0 fully saturated rings. The van der Waals surface area contributed by atoms with Crippen LogP contribution in [0.2, 0.25) is 0 Å². The summed E-state index contributed by atoms with van der Waals surface area (Å²) in [6, 6.07) is 7.68. The highest BCUT2D eigenvalue weighted by Crippen LogP contribution is 2.27. The summed E-state index contributed by atoms with van der Waals surface area (Å²) in [7, 11) is 0. The van der Waals surface area contributed by atoms with E-state index in [-0.39, 0.29) is 5.97 Å². The van der Waals surface area contributed by atoms with E-state index in [4.69, 9.17) is 9.47 Å². The molecule has 1 heterocycles. The molecule has 0 N–H and O–H groups in total. The quantitative estimate of drug-likeness (QED) is 0.733. The minimum Gasteiger partial charge on any atom is -0.494 e. The third-order valence-electron chi connectivity index (χ3n) is 3.35. The Morgan fingerprint density at radius 2 is 1.91 bits per heavy atom. The van der Waals surface area contributed by atoms with E-state index in [9.17, 15) is 4.79 Å². The minimum atomic E-state index is -0.472. The Kier molecular flexibility index (Phi) is 5.19. The lowest BCUT2D eigenvalue weighted by Crippen LogP contribution is -2.27. The number of thiazole rings is 1. The fourth-order valence-corrected chi connectivity index (χ4v) is 2.53. The van der Waals surface area contributed by atoms with Gasteiger partial charge in [0.25, 0.3) is 0 Å². The van der Waals surface area contributed by atoms with Crippen LogP contribution in [0.3, 0.4) is 0 Å². The molecule has 2 rings (SSSR count).